The van der Waals surface area contributed by atoms with E-state index < -0.39 is 0 Å². The number of carbonyl (C=O) groups excluding carboxylic acids is 1. The second-order valence-electron chi connectivity index (χ2n) is 6.46. The van der Waals surface area contributed by atoms with Gasteiger partial charge in [-0.15, -0.1) is 11.8 Å². The van der Waals surface area contributed by atoms with Crippen molar-refractivity contribution in [3.8, 4) is 0 Å². The van der Waals surface area contributed by atoms with E-state index in [2.05, 4.69) is 10.4 Å². The van der Waals surface area contributed by atoms with E-state index in [1.165, 1.54) is 4.68 Å². The van der Waals surface area contributed by atoms with Crippen LogP contribution in [0.1, 0.15) is 24.3 Å². The molecular formula is C20H21N3O2S. The zero-order valence-electron chi connectivity index (χ0n) is 15.0. The molecule has 0 radical (unpaired) electrons. The number of nitrogens with zero attached hydrogens (tertiary/aromatic N) is 2. The quantitative estimate of drug-likeness (QED) is 0.692. The van der Waals surface area contributed by atoms with E-state index in [1.807, 2.05) is 44.4 Å². The molecule has 0 unspecified atom stereocenters. The molecule has 1 amide bonds. The highest BCUT2D eigenvalue weighted by atomic mass is 32.2. The maximum absolute atomic E-state index is 12.9. The molecule has 0 aliphatic carbocycles. The van der Waals surface area contributed by atoms with Crippen molar-refractivity contribution in [2.24, 2.45) is 5.92 Å². The van der Waals surface area contributed by atoms with Gasteiger partial charge in [-0.25, -0.2) is 4.68 Å². The van der Waals surface area contributed by atoms with Crippen molar-refractivity contribution in [2.45, 2.75) is 25.3 Å². The van der Waals surface area contributed by atoms with Gasteiger partial charge in [-0.3, -0.25) is 9.59 Å². The SMILES string of the molecule is CSc1cccc(NC(=O)c2nn(CC(C)C)c(=O)c3ccccc23)c1. The van der Waals surface area contributed by atoms with Gasteiger partial charge in [0.05, 0.1) is 5.39 Å². The van der Waals surface area contributed by atoms with Gasteiger partial charge >= 0.3 is 0 Å². The molecule has 5 nitrogen and oxygen atoms in total. The minimum absolute atomic E-state index is 0.171. The Morgan fingerprint density at radius 3 is 2.58 bits per heavy atom. The predicted octanol–water partition coefficient (Wildman–Crippen LogP) is 4.03. The van der Waals surface area contributed by atoms with E-state index in [0.29, 0.717) is 23.0 Å². The van der Waals surface area contributed by atoms with Gasteiger partial charge in [-0.2, -0.15) is 5.10 Å². The summed E-state index contributed by atoms with van der Waals surface area (Å²) in [7, 11) is 0. The van der Waals surface area contributed by atoms with Crippen LogP contribution in [0.15, 0.2) is 58.2 Å². The zero-order valence-corrected chi connectivity index (χ0v) is 15.8. The third-order valence-electron chi connectivity index (χ3n) is 3.95. The zero-order chi connectivity index (χ0) is 18.7. The smallest absolute Gasteiger partial charge is 0.276 e. The van der Waals surface area contributed by atoms with Crippen LogP contribution in [0.4, 0.5) is 5.69 Å². The molecule has 2 aromatic carbocycles. The van der Waals surface area contributed by atoms with Crippen molar-refractivity contribution < 1.29 is 4.79 Å². The molecule has 0 aliphatic rings. The van der Waals surface area contributed by atoms with E-state index in [1.54, 1.807) is 36.0 Å². The van der Waals surface area contributed by atoms with Crippen LogP contribution in [0.25, 0.3) is 10.8 Å². The summed E-state index contributed by atoms with van der Waals surface area (Å²) in [6, 6.07) is 14.7. The van der Waals surface area contributed by atoms with Gasteiger partial charge < -0.3 is 5.32 Å². The number of thioether (sulfide) groups is 1. The minimum Gasteiger partial charge on any atom is -0.321 e. The first kappa shape index (κ1) is 18.2. The average Bonchev–Trinajstić information content (AvgIpc) is 2.64. The van der Waals surface area contributed by atoms with Gasteiger partial charge in [0.1, 0.15) is 0 Å². The number of benzene rings is 2. The lowest BCUT2D eigenvalue weighted by atomic mass is 10.1. The normalized spacial score (nSPS) is 11.1. The van der Waals surface area contributed by atoms with Crippen LogP contribution in [0.3, 0.4) is 0 Å². The summed E-state index contributed by atoms with van der Waals surface area (Å²) in [6.45, 7) is 4.49. The number of hydrogen-bond acceptors (Lipinski definition) is 4. The van der Waals surface area contributed by atoms with E-state index in [-0.39, 0.29) is 23.1 Å². The Morgan fingerprint density at radius 2 is 1.88 bits per heavy atom. The Morgan fingerprint density at radius 1 is 1.15 bits per heavy atom. The first-order valence-electron chi connectivity index (χ1n) is 8.45. The van der Waals surface area contributed by atoms with Crippen molar-refractivity contribution in [3.05, 3.63) is 64.6 Å². The summed E-state index contributed by atoms with van der Waals surface area (Å²) >= 11 is 1.61. The third-order valence-corrected chi connectivity index (χ3v) is 4.67. The molecule has 0 fully saturated rings. The molecule has 1 N–H and O–H groups in total. The van der Waals surface area contributed by atoms with Crippen LogP contribution in [-0.2, 0) is 6.54 Å². The molecular weight excluding hydrogens is 346 g/mol. The summed E-state index contributed by atoms with van der Waals surface area (Å²) in [4.78, 5) is 26.6. The van der Waals surface area contributed by atoms with Crippen molar-refractivity contribution in [3.63, 3.8) is 0 Å². The lowest BCUT2D eigenvalue weighted by Crippen LogP contribution is -2.29. The highest BCUT2D eigenvalue weighted by Crippen LogP contribution is 2.20. The summed E-state index contributed by atoms with van der Waals surface area (Å²) in [5.41, 5.74) is 0.792. The second-order valence-corrected chi connectivity index (χ2v) is 7.34. The summed E-state index contributed by atoms with van der Waals surface area (Å²) in [5.74, 6) is -0.0764. The van der Waals surface area contributed by atoms with Crippen LogP contribution in [0.5, 0.6) is 0 Å². The molecule has 26 heavy (non-hydrogen) atoms. The van der Waals surface area contributed by atoms with Crippen LogP contribution >= 0.6 is 11.8 Å². The second kappa shape index (κ2) is 7.74. The van der Waals surface area contributed by atoms with E-state index in [9.17, 15) is 9.59 Å². The molecule has 1 heterocycles. The first-order valence-corrected chi connectivity index (χ1v) is 9.67. The van der Waals surface area contributed by atoms with Gasteiger partial charge in [0.15, 0.2) is 5.69 Å². The number of amides is 1. The first-order chi connectivity index (χ1) is 12.5. The summed E-state index contributed by atoms with van der Waals surface area (Å²) in [5, 5.41) is 8.33. The highest BCUT2D eigenvalue weighted by molar-refractivity contribution is 7.98. The lowest BCUT2D eigenvalue weighted by molar-refractivity contribution is 0.102. The number of carbonyl (C=O) groups is 1. The van der Waals surface area contributed by atoms with Gasteiger partial charge in [0, 0.05) is 22.5 Å². The van der Waals surface area contributed by atoms with Crippen molar-refractivity contribution in [1.29, 1.82) is 0 Å². The molecule has 0 saturated carbocycles. The Bertz CT molecular complexity index is 1010. The van der Waals surface area contributed by atoms with Crippen LogP contribution in [-0.4, -0.2) is 21.9 Å². The molecule has 3 aromatic rings. The molecule has 1 aromatic heterocycles. The summed E-state index contributed by atoms with van der Waals surface area (Å²) < 4.78 is 1.39. The van der Waals surface area contributed by atoms with Crippen molar-refractivity contribution >= 4 is 34.1 Å². The molecule has 3 rings (SSSR count). The molecule has 134 valence electrons. The maximum atomic E-state index is 12.9. The largest absolute Gasteiger partial charge is 0.321 e. The molecule has 0 bridgehead atoms. The lowest BCUT2D eigenvalue weighted by Gasteiger charge is -2.13. The number of anilines is 1. The Labute approximate surface area is 156 Å². The molecule has 0 atom stereocenters. The minimum atomic E-state index is -0.322. The van der Waals surface area contributed by atoms with Gasteiger partial charge in [-0.05, 0) is 36.4 Å². The fourth-order valence-electron chi connectivity index (χ4n) is 2.76. The standard InChI is InChI=1S/C20H21N3O2S/c1-13(2)12-23-20(25)17-10-5-4-9-16(17)18(22-23)19(24)21-14-7-6-8-15(11-14)26-3/h4-11,13H,12H2,1-3H3,(H,21,24). The molecule has 0 aliphatic heterocycles. The van der Waals surface area contributed by atoms with Crippen molar-refractivity contribution in [1.82, 2.24) is 9.78 Å². The number of fused-ring (bicyclic) bond motifs is 1. The number of aromatic nitrogens is 2. The predicted molar refractivity (Wildman–Crippen MR) is 107 cm³/mol. The number of hydrogen-bond donors (Lipinski definition) is 1. The fraction of sp³-hybridized carbons (Fsp3) is 0.250. The Hall–Kier alpha value is -2.60. The van der Waals surface area contributed by atoms with Gasteiger partial charge in [0.25, 0.3) is 11.5 Å². The topological polar surface area (TPSA) is 64.0 Å². The third kappa shape index (κ3) is 3.80. The highest BCUT2D eigenvalue weighted by Gasteiger charge is 2.17. The van der Waals surface area contributed by atoms with E-state index in [0.717, 1.165) is 4.90 Å². The molecule has 0 spiro atoms. The van der Waals surface area contributed by atoms with E-state index >= 15 is 0 Å². The van der Waals surface area contributed by atoms with Crippen LogP contribution < -0.4 is 10.9 Å². The maximum Gasteiger partial charge on any atom is 0.276 e. The number of rotatable bonds is 5. The van der Waals surface area contributed by atoms with Gasteiger partial charge in [0.2, 0.25) is 0 Å². The van der Waals surface area contributed by atoms with Crippen LogP contribution in [0.2, 0.25) is 0 Å². The average molecular weight is 367 g/mol. The fourth-order valence-corrected chi connectivity index (χ4v) is 3.22. The number of nitrogens with one attached hydrogen (secondary N) is 1. The van der Waals surface area contributed by atoms with Crippen LogP contribution in [0, 0.1) is 5.92 Å². The Kier molecular flexibility index (Phi) is 5.42. The Balaban J connectivity index is 2.06. The molecule has 6 heteroatoms. The monoisotopic (exact) mass is 367 g/mol. The summed E-state index contributed by atoms with van der Waals surface area (Å²) in [6.07, 6.45) is 1.98. The van der Waals surface area contributed by atoms with E-state index in [4.69, 9.17) is 0 Å². The van der Waals surface area contributed by atoms with Gasteiger partial charge in [-0.1, -0.05) is 38.1 Å². The molecule has 0 saturated heterocycles. The van der Waals surface area contributed by atoms with Crippen molar-refractivity contribution in [2.75, 3.05) is 11.6 Å².